The molecule has 0 radical (unpaired) electrons. The molecule has 23 heavy (non-hydrogen) atoms. The Balaban J connectivity index is 2.91. The summed E-state index contributed by atoms with van der Waals surface area (Å²) in [6.07, 6.45) is 2.89. The predicted octanol–water partition coefficient (Wildman–Crippen LogP) is 6.30. The lowest BCUT2D eigenvalue weighted by Gasteiger charge is -2.27. The topological polar surface area (TPSA) is 20.2 Å². The van der Waals surface area contributed by atoms with Gasteiger partial charge in [-0.2, -0.15) is 0 Å². The van der Waals surface area contributed by atoms with E-state index in [1.165, 1.54) is 28.6 Å². The standard InChI is InChI=1S/C20H34OSSi/c1-5-9-15-20(21)18(17-23(6-2,7-3)8-4)16-22-19-13-11-10-12-14-19/h10-14,17,20-21H,5-9,15-16H2,1-4H3/b18-17+. The van der Waals surface area contributed by atoms with Gasteiger partial charge < -0.3 is 5.11 Å². The fourth-order valence-corrected chi connectivity index (χ4v) is 7.25. The minimum absolute atomic E-state index is 0.261. The Labute approximate surface area is 148 Å². The Morgan fingerprint density at radius 2 is 1.70 bits per heavy atom. The fraction of sp³-hybridized carbons (Fsp3) is 0.600. The minimum atomic E-state index is -1.36. The van der Waals surface area contributed by atoms with Crippen molar-refractivity contribution >= 4 is 19.8 Å². The Morgan fingerprint density at radius 1 is 1.09 bits per heavy atom. The highest BCUT2D eigenvalue weighted by molar-refractivity contribution is 7.99. The maximum Gasteiger partial charge on any atom is 0.0771 e. The Morgan fingerprint density at radius 3 is 2.22 bits per heavy atom. The summed E-state index contributed by atoms with van der Waals surface area (Å²) in [4.78, 5) is 1.29. The van der Waals surface area contributed by atoms with E-state index in [4.69, 9.17) is 0 Å². The first kappa shape index (κ1) is 20.5. The number of hydrogen-bond donors (Lipinski definition) is 1. The van der Waals surface area contributed by atoms with Crippen LogP contribution in [0.1, 0.15) is 47.0 Å². The van der Waals surface area contributed by atoms with E-state index in [2.05, 4.69) is 63.7 Å². The Kier molecular flexibility index (Phi) is 9.92. The van der Waals surface area contributed by atoms with E-state index < -0.39 is 8.07 Å². The first-order valence-corrected chi connectivity index (χ1v) is 12.9. The smallest absolute Gasteiger partial charge is 0.0771 e. The van der Waals surface area contributed by atoms with Crippen LogP contribution in [0.15, 0.2) is 46.5 Å². The molecular formula is C20H34OSSi. The van der Waals surface area contributed by atoms with E-state index in [1.54, 1.807) is 0 Å². The SMILES string of the molecule is CCCCC(O)/C(=C/[Si](CC)(CC)CC)CSc1ccccc1. The summed E-state index contributed by atoms with van der Waals surface area (Å²) < 4.78 is 0. The molecule has 0 fully saturated rings. The number of unbranched alkanes of at least 4 members (excludes halogenated alkanes) is 1. The molecule has 0 spiro atoms. The third-order valence-corrected chi connectivity index (χ3v) is 11.3. The van der Waals surface area contributed by atoms with Crippen LogP contribution in [0.5, 0.6) is 0 Å². The van der Waals surface area contributed by atoms with E-state index in [0.29, 0.717) is 0 Å². The zero-order valence-corrected chi connectivity index (χ0v) is 17.2. The quantitative estimate of drug-likeness (QED) is 0.373. The third kappa shape index (κ3) is 6.86. The van der Waals surface area contributed by atoms with Gasteiger partial charge in [-0.25, -0.2) is 0 Å². The summed E-state index contributed by atoms with van der Waals surface area (Å²) in [5.74, 6) is 0.920. The molecule has 1 N–H and O–H groups in total. The lowest BCUT2D eigenvalue weighted by atomic mass is 10.1. The molecule has 0 aliphatic carbocycles. The second-order valence-corrected chi connectivity index (χ2v) is 12.6. The van der Waals surface area contributed by atoms with Gasteiger partial charge in [0.2, 0.25) is 0 Å². The van der Waals surface area contributed by atoms with Crippen LogP contribution in [-0.4, -0.2) is 25.0 Å². The highest BCUT2D eigenvalue weighted by Crippen LogP contribution is 2.28. The summed E-state index contributed by atoms with van der Waals surface area (Å²) in [5, 5.41) is 10.7. The molecule has 0 heterocycles. The van der Waals surface area contributed by atoms with E-state index in [1.807, 2.05) is 11.8 Å². The molecule has 0 amide bonds. The van der Waals surface area contributed by atoms with Gasteiger partial charge in [-0.15, -0.1) is 11.8 Å². The summed E-state index contributed by atoms with van der Waals surface area (Å²) >= 11 is 1.86. The average molecular weight is 351 g/mol. The molecule has 3 heteroatoms. The molecule has 1 unspecified atom stereocenters. The molecule has 0 aromatic heterocycles. The van der Waals surface area contributed by atoms with E-state index >= 15 is 0 Å². The van der Waals surface area contributed by atoms with Gasteiger partial charge in [-0.05, 0) is 24.1 Å². The average Bonchev–Trinajstić information content (AvgIpc) is 2.61. The van der Waals surface area contributed by atoms with Crippen molar-refractivity contribution in [3.8, 4) is 0 Å². The number of aliphatic hydroxyl groups is 1. The second-order valence-electron chi connectivity index (χ2n) is 6.40. The van der Waals surface area contributed by atoms with Crippen LogP contribution >= 0.6 is 11.8 Å². The van der Waals surface area contributed by atoms with Crippen LogP contribution < -0.4 is 0 Å². The molecule has 0 aliphatic rings. The van der Waals surface area contributed by atoms with Crippen LogP contribution in [0, 0.1) is 0 Å². The van der Waals surface area contributed by atoms with Gasteiger partial charge in [0.05, 0.1) is 14.2 Å². The van der Waals surface area contributed by atoms with Crippen LogP contribution in [-0.2, 0) is 0 Å². The number of thioether (sulfide) groups is 1. The largest absolute Gasteiger partial charge is 0.389 e. The first-order valence-electron chi connectivity index (χ1n) is 9.18. The molecule has 1 atom stereocenters. The van der Waals surface area contributed by atoms with Gasteiger partial charge in [0.15, 0.2) is 0 Å². The molecule has 1 rings (SSSR count). The zero-order chi connectivity index (χ0) is 17.1. The summed E-state index contributed by atoms with van der Waals surface area (Å²) in [6, 6.07) is 14.4. The van der Waals surface area contributed by atoms with Gasteiger partial charge >= 0.3 is 0 Å². The summed E-state index contributed by atoms with van der Waals surface area (Å²) in [7, 11) is -1.36. The second kappa shape index (κ2) is 11.1. The van der Waals surface area contributed by atoms with Crippen molar-refractivity contribution in [1.29, 1.82) is 0 Å². The summed E-state index contributed by atoms with van der Waals surface area (Å²) in [5.41, 5.74) is 3.83. The number of aliphatic hydroxyl groups excluding tert-OH is 1. The monoisotopic (exact) mass is 350 g/mol. The predicted molar refractivity (Wildman–Crippen MR) is 108 cm³/mol. The van der Waals surface area contributed by atoms with E-state index in [-0.39, 0.29) is 6.10 Å². The van der Waals surface area contributed by atoms with Crippen LogP contribution in [0.3, 0.4) is 0 Å². The minimum Gasteiger partial charge on any atom is -0.389 e. The van der Waals surface area contributed by atoms with Crippen LogP contribution in [0.4, 0.5) is 0 Å². The van der Waals surface area contributed by atoms with Crippen molar-refractivity contribution in [2.45, 2.75) is 76.1 Å². The normalized spacial score (nSPS) is 14.0. The maximum atomic E-state index is 10.7. The van der Waals surface area contributed by atoms with Crippen molar-refractivity contribution in [3.05, 3.63) is 41.6 Å². The maximum absolute atomic E-state index is 10.7. The Hall–Kier alpha value is -0.513. The van der Waals surface area contributed by atoms with Crippen molar-refractivity contribution in [2.24, 2.45) is 0 Å². The highest BCUT2D eigenvalue weighted by Gasteiger charge is 2.26. The molecule has 1 aromatic carbocycles. The van der Waals surface area contributed by atoms with Gasteiger partial charge in [0.1, 0.15) is 0 Å². The molecule has 0 aliphatic heterocycles. The van der Waals surface area contributed by atoms with Gasteiger partial charge in [-0.1, -0.05) is 82.6 Å². The number of benzene rings is 1. The highest BCUT2D eigenvalue weighted by atomic mass is 32.2. The van der Waals surface area contributed by atoms with Crippen LogP contribution in [0.2, 0.25) is 18.1 Å². The van der Waals surface area contributed by atoms with Crippen LogP contribution in [0.25, 0.3) is 0 Å². The molecular weight excluding hydrogens is 316 g/mol. The zero-order valence-electron chi connectivity index (χ0n) is 15.3. The molecule has 1 aromatic rings. The Bertz CT molecular complexity index is 446. The molecule has 0 bridgehead atoms. The molecule has 130 valence electrons. The molecule has 0 saturated carbocycles. The first-order chi connectivity index (χ1) is 11.1. The van der Waals surface area contributed by atoms with Crippen molar-refractivity contribution in [3.63, 3.8) is 0 Å². The molecule has 0 saturated heterocycles. The van der Waals surface area contributed by atoms with Crippen molar-refractivity contribution in [1.82, 2.24) is 0 Å². The lowest BCUT2D eigenvalue weighted by Crippen LogP contribution is -2.31. The fourth-order valence-electron chi connectivity index (χ4n) is 2.95. The van der Waals surface area contributed by atoms with E-state index in [0.717, 1.165) is 25.0 Å². The summed E-state index contributed by atoms with van der Waals surface area (Å²) in [6.45, 7) is 9.18. The van der Waals surface area contributed by atoms with Gasteiger partial charge in [-0.3, -0.25) is 0 Å². The van der Waals surface area contributed by atoms with Crippen molar-refractivity contribution < 1.29 is 5.11 Å². The number of hydrogen-bond acceptors (Lipinski definition) is 2. The van der Waals surface area contributed by atoms with Crippen molar-refractivity contribution in [2.75, 3.05) is 5.75 Å². The third-order valence-electron chi connectivity index (χ3n) is 5.01. The lowest BCUT2D eigenvalue weighted by molar-refractivity contribution is 0.197. The molecule has 1 nitrogen and oxygen atoms in total. The number of rotatable bonds is 11. The van der Waals surface area contributed by atoms with E-state index in [9.17, 15) is 5.11 Å². The van der Waals surface area contributed by atoms with Gasteiger partial charge in [0.25, 0.3) is 0 Å². The van der Waals surface area contributed by atoms with Gasteiger partial charge in [0, 0.05) is 10.6 Å².